The van der Waals surface area contributed by atoms with Crippen molar-refractivity contribution < 1.29 is 9.59 Å². The van der Waals surface area contributed by atoms with E-state index in [9.17, 15) is 9.59 Å². The van der Waals surface area contributed by atoms with Gasteiger partial charge in [-0.3, -0.25) is 9.59 Å². The number of hydrogen-bond acceptors (Lipinski definition) is 6. The van der Waals surface area contributed by atoms with E-state index in [-0.39, 0.29) is 11.6 Å². The van der Waals surface area contributed by atoms with Crippen molar-refractivity contribution in [2.75, 3.05) is 0 Å². The van der Waals surface area contributed by atoms with Crippen LogP contribution in [-0.2, 0) is 9.59 Å². The molecule has 128 valence electrons. The Kier molecular flexibility index (Phi) is 4.39. The third-order valence-electron chi connectivity index (χ3n) is 5.60. The molecular weight excluding hydrogens is 376 g/mol. The van der Waals surface area contributed by atoms with Gasteiger partial charge in [-0.15, -0.1) is 47.0 Å². The maximum absolute atomic E-state index is 13.2. The van der Waals surface area contributed by atoms with Gasteiger partial charge in [-0.2, -0.15) is 0 Å². The van der Waals surface area contributed by atoms with Crippen LogP contribution in [0.25, 0.3) is 0 Å². The Hall–Kier alpha value is 0.220. The quantitative estimate of drug-likeness (QED) is 0.527. The van der Waals surface area contributed by atoms with E-state index in [1.54, 1.807) is 47.0 Å². The molecule has 2 nitrogen and oxygen atoms in total. The fourth-order valence-electron chi connectivity index (χ4n) is 4.32. The van der Waals surface area contributed by atoms with Gasteiger partial charge in [0.25, 0.3) is 0 Å². The molecule has 0 N–H and O–H groups in total. The first-order valence-corrected chi connectivity index (χ1v) is 12.5. The Morgan fingerprint density at radius 2 is 0.750 bits per heavy atom. The molecule has 2 fully saturated rings. The van der Waals surface area contributed by atoms with Gasteiger partial charge in [0.05, 0.1) is 19.6 Å². The molecule has 2 heterocycles. The average Bonchev–Trinajstić information content (AvgIpc) is 2.64. The number of carbonyl (C=O) groups excluding carboxylic acids is 2. The fourth-order valence-corrected chi connectivity index (χ4v) is 10.8. The first kappa shape index (κ1) is 16.4. The zero-order valence-electron chi connectivity index (χ0n) is 13.4. The summed E-state index contributed by atoms with van der Waals surface area (Å²) in [6.07, 6.45) is 9.84. The molecule has 0 aromatic carbocycles. The van der Waals surface area contributed by atoms with Crippen molar-refractivity contribution in [1.82, 2.24) is 0 Å². The number of rotatable bonds is 0. The topological polar surface area (TPSA) is 34.1 Å². The van der Waals surface area contributed by atoms with Gasteiger partial charge in [0.1, 0.15) is 0 Å². The molecule has 0 amide bonds. The van der Waals surface area contributed by atoms with Crippen molar-refractivity contribution in [2.45, 2.75) is 72.4 Å². The van der Waals surface area contributed by atoms with E-state index in [2.05, 4.69) is 0 Å². The van der Waals surface area contributed by atoms with E-state index >= 15 is 0 Å². The van der Waals surface area contributed by atoms with Gasteiger partial charge in [0.2, 0.25) is 11.6 Å². The lowest BCUT2D eigenvalue weighted by atomic mass is 9.99. The molecule has 6 heteroatoms. The molecule has 4 atom stereocenters. The SMILES string of the molecule is O=C1C2=C(SC3CCCCC3S2)C(=O)C2=C1SC1CCCCC1S2. The molecule has 4 unspecified atom stereocenters. The van der Waals surface area contributed by atoms with Gasteiger partial charge in [0.15, 0.2) is 0 Å². The molecule has 2 aliphatic heterocycles. The van der Waals surface area contributed by atoms with Crippen LogP contribution < -0.4 is 0 Å². The number of fused-ring (bicyclic) bond motifs is 2. The van der Waals surface area contributed by atoms with Crippen molar-refractivity contribution in [3.63, 3.8) is 0 Å². The van der Waals surface area contributed by atoms with E-state index in [1.807, 2.05) is 0 Å². The fraction of sp³-hybridized carbons (Fsp3) is 0.667. The maximum Gasteiger partial charge on any atom is 0.208 e. The zero-order chi connectivity index (χ0) is 16.3. The average molecular weight is 397 g/mol. The monoisotopic (exact) mass is 396 g/mol. The summed E-state index contributed by atoms with van der Waals surface area (Å²) in [7, 11) is 0. The van der Waals surface area contributed by atoms with E-state index in [1.165, 1.54) is 51.4 Å². The molecule has 0 aromatic heterocycles. The van der Waals surface area contributed by atoms with Gasteiger partial charge in [0, 0.05) is 21.0 Å². The third kappa shape index (κ3) is 2.58. The van der Waals surface area contributed by atoms with Crippen LogP contribution in [0.15, 0.2) is 19.6 Å². The second-order valence-corrected chi connectivity index (χ2v) is 12.2. The number of thioether (sulfide) groups is 4. The minimum absolute atomic E-state index is 0.169. The minimum atomic E-state index is 0.169. The van der Waals surface area contributed by atoms with Crippen LogP contribution in [0, 0.1) is 0 Å². The van der Waals surface area contributed by atoms with Crippen molar-refractivity contribution in [3.05, 3.63) is 19.6 Å². The lowest BCUT2D eigenvalue weighted by Crippen LogP contribution is -2.36. The van der Waals surface area contributed by atoms with Gasteiger partial charge in [-0.25, -0.2) is 0 Å². The number of hydrogen-bond donors (Lipinski definition) is 0. The highest BCUT2D eigenvalue weighted by Crippen LogP contribution is 2.58. The standard InChI is InChI=1S/C18H20O2S4/c19-13-15-16(22-10-6-2-1-5-9(10)21-15)14(20)18-17(13)23-11-7-3-4-8-12(11)24-18/h9-12H,1-8H2. The summed E-state index contributed by atoms with van der Waals surface area (Å²) in [6, 6.07) is 0. The summed E-state index contributed by atoms with van der Waals surface area (Å²) in [5.74, 6) is 0.338. The largest absolute Gasteiger partial charge is 0.287 e. The van der Waals surface area contributed by atoms with Gasteiger partial charge in [-0.1, -0.05) is 25.7 Å². The molecule has 3 aliphatic carbocycles. The van der Waals surface area contributed by atoms with Crippen LogP contribution >= 0.6 is 47.0 Å². The smallest absolute Gasteiger partial charge is 0.208 e. The van der Waals surface area contributed by atoms with E-state index in [4.69, 9.17) is 0 Å². The summed E-state index contributed by atoms with van der Waals surface area (Å²) < 4.78 is 0. The highest BCUT2D eigenvalue weighted by molar-refractivity contribution is 8.14. The Morgan fingerprint density at radius 1 is 0.500 bits per heavy atom. The van der Waals surface area contributed by atoms with Gasteiger partial charge in [-0.05, 0) is 25.7 Å². The van der Waals surface area contributed by atoms with Crippen LogP contribution in [0.5, 0.6) is 0 Å². The summed E-state index contributed by atoms with van der Waals surface area (Å²) in [4.78, 5) is 29.4. The molecule has 0 aromatic rings. The molecular formula is C18H20O2S4. The molecule has 24 heavy (non-hydrogen) atoms. The van der Waals surface area contributed by atoms with Crippen molar-refractivity contribution >= 4 is 58.6 Å². The molecule has 0 spiro atoms. The van der Waals surface area contributed by atoms with E-state index in [0.29, 0.717) is 21.0 Å². The van der Waals surface area contributed by atoms with Crippen LogP contribution in [0.4, 0.5) is 0 Å². The summed E-state index contributed by atoms with van der Waals surface area (Å²) >= 11 is 6.91. The number of Topliss-reactive ketones (excluding diaryl/α,β-unsaturated/α-hetero) is 2. The predicted octanol–water partition coefficient (Wildman–Crippen LogP) is 5.14. The Bertz CT molecular complexity index is 571. The maximum atomic E-state index is 13.2. The van der Waals surface area contributed by atoms with Gasteiger partial charge < -0.3 is 0 Å². The van der Waals surface area contributed by atoms with Gasteiger partial charge >= 0.3 is 0 Å². The molecule has 5 aliphatic rings. The molecule has 0 radical (unpaired) electrons. The summed E-state index contributed by atoms with van der Waals surface area (Å²) in [6.45, 7) is 0. The van der Waals surface area contributed by atoms with Crippen LogP contribution in [0.2, 0.25) is 0 Å². The molecule has 2 saturated carbocycles. The predicted molar refractivity (Wildman–Crippen MR) is 107 cm³/mol. The first-order valence-electron chi connectivity index (χ1n) is 8.97. The highest BCUT2D eigenvalue weighted by atomic mass is 32.2. The second-order valence-electron chi connectivity index (χ2n) is 7.17. The number of carbonyl (C=O) groups is 2. The number of allylic oxidation sites excluding steroid dienone is 4. The first-order chi connectivity index (χ1) is 11.7. The third-order valence-corrected chi connectivity index (χ3v) is 12.2. The van der Waals surface area contributed by atoms with Crippen LogP contribution in [0.3, 0.4) is 0 Å². The van der Waals surface area contributed by atoms with Crippen molar-refractivity contribution in [2.24, 2.45) is 0 Å². The van der Waals surface area contributed by atoms with Crippen LogP contribution in [0.1, 0.15) is 51.4 Å². The lowest BCUT2D eigenvalue weighted by Gasteiger charge is -2.41. The van der Waals surface area contributed by atoms with E-state index in [0.717, 1.165) is 19.6 Å². The summed E-state index contributed by atoms with van der Waals surface area (Å²) in [5.41, 5.74) is 0. The minimum Gasteiger partial charge on any atom is -0.287 e. The second kappa shape index (κ2) is 6.43. The normalized spacial score (nSPS) is 39.2. The Balaban J connectivity index is 1.49. The summed E-state index contributed by atoms with van der Waals surface area (Å²) in [5, 5.41) is 2.13. The molecule has 0 bridgehead atoms. The Morgan fingerprint density at radius 3 is 1.00 bits per heavy atom. The van der Waals surface area contributed by atoms with E-state index < -0.39 is 0 Å². The highest BCUT2D eigenvalue weighted by Gasteiger charge is 2.47. The zero-order valence-corrected chi connectivity index (χ0v) is 16.7. The Labute approximate surface area is 159 Å². The molecule has 5 rings (SSSR count). The van der Waals surface area contributed by atoms with Crippen molar-refractivity contribution in [3.8, 4) is 0 Å². The van der Waals surface area contributed by atoms with Crippen LogP contribution in [-0.4, -0.2) is 32.6 Å². The van der Waals surface area contributed by atoms with Crippen molar-refractivity contribution in [1.29, 1.82) is 0 Å². The lowest BCUT2D eigenvalue weighted by molar-refractivity contribution is -0.114. The molecule has 0 saturated heterocycles. The number of ketones is 2.